The molecule has 0 saturated heterocycles. The summed E-state index contributed by atoms with van der Waals surface area (Å²) in [6, 6.07) is 0. The van der Waals surface area contributed by atoms with Gasteiger partial charge in [-0.05, 0) is 116 Å². The van der Waals surface area contributed by atoms with E-state index < -0.39 is 26.5 Å². The maximum atomic E-state index is 12.9. The Morgan fingerprint density at radius 1 is 0.372 bits per heavy atom. The monoisotopic (exact) mass is 1220 g/mol. The van der Waals surface area contributed by atoms with Crippen LogP contribution in [0.15, 0.2) is 134 Å². The smallest absolute Gasteiger partial charge is 0.462 e. The van der Waals surface area contributed by atoms with Crippen molar-refractivity contribution in [1.29, 1.82) is 0 Å². The molecule has 10 heteroatoms. The van der Waals surface area contributed by atoms with Crippen LogP contribution in [0.4, 0.5) is 0 Å². The van der Waals surface area contributed by atoms with Crippen LogP contribution in [0.5, 0.6) is 0 Å². The number of rotatable bonds is 63. The Balaban J connectivity index is 4.11. The molecule has 0 aromatic rings. The Morgan fingerprint density at radius 3 is 0.988 bits per heavy atom. The highest BCUT2D eigenvalue weighted by Gasteiger charge is 2.27. The lowest BCUT2D eigenvalue weighted by atomic mass is 10.0. The molecule has 0 amide bonds. The number of carbonyl (C=O) groups is 2. The minimum Gasteiger partial charge on any atom is -0.462 e. The minimum absolute atomic E-state index is 0.0247. The largest absolute Gasteiger partial charge is 0.472 e. The van der Waals surface area contributed by atoms with E-state index in [1.54, 1.807) is 0 Å². The van der Waals surface area contributed by atoms with E-state index in [0.29, 0.717) is 17.4 Å². The van der Waals surface area contributed by atoms with Crippen LogP contribution in [0, 0.1) is 0 Å². The van der Waals surface area contributed by atoms with Crippen LogP contribution in [0.2, 0.25) is 0 Å². The molecule has 9 nitrogen and oxygen atoms in total. The van der Waals surface area contributed by atoms with E-state index in [9.17, 15) is 19.0 Å². The molecular weight excluding hydrogens is 1090 g/mol. The molecule has 0 aliphatic carbocycles. The van der Waals surface area contributed by atoms with E-state index in [1.165, 1.54) is 141 Å². The van der Waals surface area contributed by atoms with E-state index in [2.05, 4.69) is 148 Å². The average Bonchev–Trinajstić information content (AvgIpc) is 3.56. The predicted octanol–water partition coefficient (Wildman–Crippen LogP) is 22.8. The van der Waals surface area contributed by atoms with Gasteiger partial charge in [0.15, 0.2) is 6.10 Å². The number of carbonyl (C=O) groups excluding carboxylic acids is 2. The number of quaternary nitrogens is 1. The van der Waals surface area contributed by atoms with Gasteiger partial charge in [0.1, 0.15) is 19.8 Å². The summed E-state index contributed by atoms with van der Waals surface area (Å²) in [5.41, 5.74) is 0. The molecule has 492 valence electrons. The van der Waals surface area contributed by atoms with Crippen LogP contribution in [-0.2, 0) is 32.7 Å². The van der Waals surface area contributed by atoms with Crippen LogP contribution in [0.1, 0.15) is 284 Å². The molecular formula is C76H131NO8P+. The highest BCUT2D eigenvalue weighted by atomic mass is 31.2. The van der Waals surface area contributed by atoms with Crippen molar-refractivity contribution < 1.29 is 42.1 Å². The first kappa shape index (κ1) is 82.1. The lowest BCUT2D eigenvalue weighted by Gasteiger charge is -2.24. The van der Waals surface area contributed by atoms with Crippen molar-refractivity contribution in [2.24, 2.45) is 0 Å². The predicted molar refractivity (Wildman–Crippen MR) is 371 cm³/mol. The van der Waals surface area contributed by atoms with Gasteiger partial charge >= 0.3 is 19.8 Å². The van der Waals surface area contributed by atoms with E-state index in [4.69, 9.17) is 18.5 Å². The molecule has 0 saturated carbocycles. The van der Waals surface area contributed by atoms with Crippen LogP contribution >= 0.6 is 7.82 Å². The lowest BCUT2D eigenvalue weighted by Crippen LogP contribution is -2.37. The van der Waals surface area contributed by atoms with Gasteiger partial charge in [0.05, 0.1) is 27.7 Å². The summed E-state index contributed by atoms with van der Waals surface area (Å²) < 4.78 is 34.7. The average molecular weight is 1220 g/mol. The summed E-state index contributed by atoms with van der Waals surface area (Å²) in [6.45, 7) is 4.31. The SMILES string of the molecule is CC/C=C\C/C=C\C/C=C\C/C=C\C/C=C\C/C=C\C/C=C\C/C=C\CCCCCCCCCCCCC(=O)OC(COC(=O)CCCCCCCCCCCCCC/C=C\C/C=C\C/C=C\CCCCCCC)COP(=O)(O)OCC[N+](C)(C)C. The summed E-state index contributed by atoms with van der Waals surface area (Å²) in [6.07, 6.45) is 95.4. The van der Waals surface area contributed by atoms with Gasteiger partial charge in [0, 0.05) is 12.8 Å². The standard InChI is InChI=1S/C76H130NO8P/c1-6-8-10-12-14-16-18-20-22-24-26-28-30-32-34-35-36-37-38-39-40-41-43-45-47-49-51-53-55-57-59-61-63-65-67-69-76(79)85-74(73-84-86(80,81)83-71-70-77(3,4)5)72-82-75(78)68-66-64-62-60-58-56-54-52-50-48-46-44-42-33-31-29-27-25-23-21-19-17-15-13-11-9-7-2/h8,10,14,16,19-22,25-28,31-34,36-37,39-40,43,45,74H,6-7,9,11-13,15,17-18,23-24,29-30,35,38,41-42,44,46-73H2,1-5H3/p+1/b10-8-,16-14-,21-19-,22-20-,27-25-,28-26-,33-31-,34-32-,37-36-,40-39-,45-43-. The zero-order valence-electron chi connectivity index (χ0n) is 56.0. The summed E-state index contributed by atoms with van der Waals surface area (Å²) in [5, 5.41) is 0. The number of hydrogen-bond donors (Lipinski definition) is 1. The molecule has 2 atom stereocenters. The normalized spacial score (nSPS) is 14.0. The van der Waals surface area contributed by atoms with Crippen molar-refractivity contribution >= 4 is 19.8 Å². The Morgan fingerprint density at radius 2 is 0.663 bits per heavy atom. The highest BCUT2D eigenvalue weighted by molar-refractivity contribution is 7.47. The third-order valence-corrected chi connectivity index (χ3v) is 15.6. The summed E-state index contributed by atoms with van der Waals surface area (Å²) in [4.78, 5) is 35.9. The van der Waals surface area contributed by atoms with Crippen molar-refractivity contribution in [3.63, 3.8) is 0 Å². The van der Waals surface area contributed by atoms with Crippen molar-refractivity contribution in [2.45, 2.75) is 290 Å². The molecule has 0 bridgehead atoms. The Labute approximate surface area is 530 Å². The molecule has 0 aliphatic heterocycles. The van der Waals surface area contributed by atoms with Gasteiger partial charge in [-0.3, -0.25) is 18.6 Å². The second-order valence-corrected chi connectivity index (χ2v) is 25.6. The van der Waals surface area contributed by atoms with Crippen molar-refractivity contribution in [3.05, 3.63) is 134 Å². The molecule has 0 fully saturated rings. The summed E-state index contributed by atoms with van der Waals surface area (Å²) in [5.74, 6) is -0.806. The number of phosphoric ester groups is 1. The maximum Gasteiger partial charge on any atom is 0.472 e. The molecule has 0 heterocycles. The molecule has 0 radical (unpaired) electrons. The number of esters is 2. The molecule has 0 aromatic heterocycles. The van der Waals surface area contributed by atoms with Gasteiger partial charge in [-0.25, -0.2) is 4.57 Å². The van der Waals surface area contributed by atoms with Gasteiger partial charge in [-0.1, -0.05) is 289 Å². The van der Waals surface area contributed by atoms with Gasteiger partial charge in [0.25, 0.3) is 0 Å². The van der Waals surface area contributed by atoms with Crippen molar-refractivity contribution in [1.82, 2.24) is 0 Å². The van der Waals surface area contributed by atoms with E-state index >= 15 is 0 Å². The fourth-order valence-electron chi connectivity index (χ4n) is 9.33. The topological polar surface area (TPSA) is 108 Å². The third-order valence-electron chi connectivity index (χ3n) is 14.7. The first-order chi connectivity index (χ1) is 42.0. The first-order valence-electron chi connectivity index (χ1n) is 34.9. The Hall–Kier alpha value is -3.85. The molecule has 0 rings (SSSR count). The van der Waals surface area contributed by atoms with Gasteiger partial charge < -0.3 is 18.9 Å². The van der Waals surface area contributed by atoms with E-state index in [-0.39, 0.29) is 32.0 Å². The van der Waals surface area contributed by atoms with Gasteiger partial charge in [0.2, 0.25) is 0 Å². The number of unbranched alkanes of at least 4 members (excludes halogenated alkanes) is 27. The summed E-state index contributed by atoms with van der Waals surface area (Å²) in [7, 11) is 1.46. The van der Waals surface area contributed by atoms with Gasteiger partial charge in [-0.15, -0.1) is 0 Å². The Kier molecular flexibility index (Phi) is 62.7. The number of hydrogen-bond acceptors (Lipinski definition) is 7. The zero-order valence-corrected chi connectivity index (χ0v) is 56.9. The number of allylic oxidation sites excluding steroid dienone is 22. The van der Waals surface area contributed by atoms with Crippen molar-refractivity contribution in [3.8, 4) is 0 Å². The number of nitrogens with zero attached hydrogens (tertiary/aromatic N) is 1. The van der Waals surface area contributed by atoms with E-state index in [1.807, 2.05) is 21.1 Å². The van der Waals surface area contributed by atoms with Crippen molar-refractivity contribution in [2.75, 3.05) is 47.5 Å². The second kappa shape index (κ2) is 65.6. The maximum absolute atomic E-state index is 12.9. The molecule has 86 heavy (non-hydrogen) atoms. The molecule has 1 N–H and O–H groups in total. The third kappa shape index (κ3) is 69.3. The van der Waals surface area contributed by atoms with Crippen LogP contribution in [0.25, 0.3) is 0 Å². The lowest BCUT2D eigenvalue weighted by molar-refractivity contribution is -0.870. The molecule has 2 unspecified atom stereocenters. The van der Waals surface area contributed by atoms with E-state index in [0.717, 1.165) is 109 Å². The quantitative estimate of drug-likeness (QED) is 0.0211. The second-order valence-electron chi connectivity index (χ2n) is 24.2. The molecule has 0 aromatic carbocycles. The molecule has 0 aliphatic rings. The Bertz CT molecular complexity index is 1910. The fourth-order valence-corrected chi connectivity index (χ4v) is 10.1. The number of phosphoric acid groups is 1. The van der Waals surface area contributed by atoms with Crippen LogP contribution in [0.3, 0.4) is 0 Å². The number of ether oxygens (including phenoxy) is 2. The van der Waals surface area contributed by atoms with Crippen LogP contribution in [-0.4, -0.2) is 74.9 Å². The fraction of sp³-hybridized carbons (Fsp3) is 0.684. The first-order valence-corrected chi connectivity index (χ1v) is 36.4. The molecule has 0 spiro atoms. The van der Waals surface area contributed by atoms with Crippen LogP contribution < -0.4 is 0 Å². The van der Waals surface area contributed by atoms with Gasteiger partial charge in [-0.2, -0.15) is 0 Å². The zero-order chi connectivity index (χ0) is 62.6. The minimum atomic E-state index is -4.40. The summed E-state index contributed by atoms with van der Waals surface area (Å²) >= 11 is 0. The highest BCUT2D eigenvalue weighted by Crippen LogP contribution is 2.43. The number of likely N-dealkylation sites (N-methyl/N-ethyl adjacent to an activating group) is 1.